The molecule has 0 spiro atoms. The number of aromatic nitrogens is 1. The van der Waals surface area contributed by atoms with Gasteiger partial charge >= 0.3 is 5.97 Å². The summed E-state index contributed by atoms with van der Waals surface area (Å²) in [6.45, 7) is 2.52. The summed E-state index contributed by atoms with van der Waals surface area (Å²) in [6.07, 6.45) is 0. The summed E-state index contributed by atoms with van der Waals surface area (Å²) in [7, 11) is 0. The molecule has 2 aromatic rings. The van der Waals surface area contributed by atoms with Crippen LogP contribution in [0.5, 0.6) is 0 Å². The van der Waals surface area contributed by atoms with Gasteiger partial charge in [-0.15, -0.1) is 0 Å². The molecule has 0 aliphatic rings. The van der Waals surface area contributed by atoms with E-state index >= 15 is 0 Å². The van der Waals surface area contributed by atoms with E-state index in [1.54, 1.807) is 30.3 Å². The number of hydrogen-bond donors (Lipinski definition) is 3. The molecule has 0 bridgehead atoms. The Hall–Kier alpha value is -2.63. The fourth-order valence-corrected chi connectivity index (χ4v) is 1.87. The van der Waals surface area contributed by atoms with E-state index in [0.717, 1.165) is 0 Å². The van der Waals surface area contributed by atoms with Crippen molar-refractivity contribution in [2.45, 2.75) is 6.92 Å². The number of nitrogens with zero attached hydrogens (tertiary/aromatic N) is 1. The highest BCUT2D eigenvalue weighted by atomic mass is 16.4. The molecule has 1 heterocycles. The molecule has 0 saturated carbocycles. The fourth-order valence-electron chi connectivity index (χ4n) is 1.87. The largest absolute Gasteiger partial charge is 0.478 e. The highest BCUT2D eigenvalue weighted by Gasteiger charge is 2.08. The molecule has 1 aromatic heterocycles. The molecule has 1 amide bonds. The van der Waals surface area contributed by atoms with Gasteiger partial charge in [0.2, 0.25) is 5.91 Å². The molecule has 0 atom stereocenters. The third kappa shape index (κ3) is 3.23. The first-order valence-corrected chi connectivity index (χ1v) is 6.19. The van der Waals surface area contributed by atoms with Crippen LogP contribution in [0.25, 0.3) is 10.9 Å². The zero-order valence-electron chi connectivity index (χ0n) is 11.0. The summed E-state index contributed by atoms with van der Waals surface area (Å²) in [4.78, 5) is 26.2. The lowest BCUT2D eigenvalue weighted by atomic mass is 10.1. The summed E-state index contributed by atoms with van der Waals surface area (Å²) in [5, 5.41) is 15.4. The van der Waals surface area contributed by atoms with E-state index in [2.05, 4.69) is 15.6 Å². The number of amides is 1. The molecule has 0 aliphatic heterocycles. The predicted molar refractivity (Wildman–Crippen MR) is 75.9 cm³/mol. The molecule has 20 heavy (non-hydrogen) atoms. The Labute approximate surface area is 115 Å². The number of rotatable bonds is 5. The van der Waals surface area contributed by atoms with Crippen LogP contribution in [0.3, 0.4) is 0 Å². The van der Waals surface area contributed by atoms with Crippen LogP contribution in [0.2, 0.25) is 0 Å². The van der Waals surface area contributed by atoms with E-state index in [9.17, 15) is 9.59 Å². The third-order valence-corrected chi connectivity index (χ3v) is 2.77. The molecule has 0 fully saturated rings. The second-order valence-corrected chi connectivity index (χ2v) is 4.28. The Morgan fingerprint density at radius 1 is 1.20 bits per heavy atom. The summed E-state index contributed by atoms with van der Waals surface area (Å²) in [6, 6.07) is 8.44. The lowest BCUT2D eigenvalue weighted by molar-refractivity contribution is -0.118. The molecule has 0 saturated heterocycles. The number of benzene rings is 1. The monoisotopic (exact) mass is 273 g/mol. The lowest BCUT2D eigenvalue weighted by Crippen LogP contribution is -2.26. The smallest absolute Gasteiger partial charge is 0.336 e. The van der Waals surface area contributed by atoms with Gasteiger partial charge in [-0.25, -0.2) is 9.78 Å². The van der Waals surface area contributed by atoms with Gasteiger partial charge in [0.25, 0.3) is 0 Å². The van der Waals surface area contributed by atoms with Crippen LogP contribution < -0.4 is 10.6 Å². The molecule has 3 N–H and O–H groups in total. The Balaban J connectivity index is 2.14. The SMILES string of the molecule is CC(=O)NCCNc1ccc2c(C(=O)O)cccc2n1. The van der Waals surface area contributed by atoms with E-state index in [1.807, 2.05) is 0 Å². The first-order chi connectivity index (χ1) is 9.58. The number of carboxylic acid groups (broad SMARTS) is 1. The van der Waals surface area contributed by atoms with E-state index in [4.69, 9.17) is 5.11 Å². The summed E-state index contributed by atoms with van der Waals surface area (Å²) < 4.78 is 0. The maximum absolute atomic E-state index is 11.1. The zero-order valence-corrected chi connectivity index (χ0v) is 11.0. The van der Waals surface area contributed by atoms with E-state index < -0.39 is 5.97 Å². The Kier molecular flexibility index (Phi) is 4.14. The Morgan fingerprint density at radius 2 is 2.00 bits per heavy atom. The van der Waals surface area contributed by atoms with Crippen molar-refractivity contribution < 1.29 is 14.7 Å². The maximum Gasteiger partial charge on any atom is 0.336 e. The summed E-state index contributed by atoms with van der Waals surface area (Å²) in [5.74, 6) is -0.404. The van der Waals surface area contributed by atoms with Crippen molar-refractivity contribution >= 4 is 28.6 Å². The van der Waals surface area contributed by atoms with Crippen LogP contribution in [0, 0.1) is 0 Å². The molecule has 0 aliphatic carbocycles. The number of anilines is 1. The van der Waals surface area contributed by atoms with Crippen molar-refractivity contribution in [3.8, 4) is 0 Å². The van der Waals surface area contributed by atoms with Gasteiger partial charge in [-0.2, -0.15) is 0 Å². The molecule has 0 radical (unpaired) electrons. The van der Waals surface area contributed by atoms with Crippen molar-refractivity contribution in [3.63, 3.8) is 0 Å². The van der Waals surface area contributed by atoms with Gasteiger partial charge in [0.1, 0.15) is 5.82 Å². The minimum absolute atomic E-state index is 0.0793. The molecule has 2 rings (SSSR count). The van der Waals surface area contributed by atoms with Crippen LogP contribution >= 0.6 is 0 Å². The molecule has 104 valence electrons. The molecular weight excluding hydrogens is 258 g/mol. The normalized spacial score (nSPS) is 10.2. The minimum atomic E-state index is -0.969. The lowest BCUT2D eigenvalue weighted by Gasteiger charge is -2.08. The van der Waals surface area contributed by atoms with Gasteiger partial charge in [-0.05, 0) is 24.3 Å². The van der Waals surface area contributed by atoms with Crippen LogP contribution in [0.1, 0.15) is 17.3 Å². The van der Waals surface area contributed by atoms with Crippen molar-refractivity contribution in [2.24, 2.45) is 0 Å². The van der Waals surface area contributed by atoms with Gasteiger partial charge < -0.3 is 15.7 Å². The minimum Gasteiger partial charge on any atom is -0.478 e. The average molecular weight is 273 g/mol. The number of aromatic carboxylic acids is 1. The van der Waals surface area contributed by atoms with E-state index in [-0.39, 0.29) is 11.5 Å². The number of fused-ring (bicyclic) bond motifs is 1. The third-order valence-electron chi connectivity index (χ3n) is 2.77. The second-order valence-electron chi connectivity index (χ2n) is 4.28. The molecule has 6 nitrogen and oxygen atoms in total. The van der Waals surface area contributed by atoms with Crippen LogP contribution in [-0.4, -0.2) is 35.1 Å². The first kappa shape index (κ1) is 13.8. The summed E-state index contributed by atoms with van der Waals surface area (Å²) in [5.41, 5.74) is 0.856. The standard InChI is InChI=1S/C14H15N3O3/c1-9(18)15-7-8-16-13-6-5-10-11(14(19)20)3-2-4-12(10)17-13/h2-6H,7-8H2,1H3,(H,15,18)(H,16,17)(H,19,20). The fraction of sp³-hybridized carbons (Fsp3) is 0.214. The average Bonchev–Trinajstić information content (AvgIpc) is 2.42. The van der Waals surface area contributed by atoms with E-state index in [1.165, 1.54) is 6.92 Å². The quantitative estimate of drug-likeness (QED) is 0.718. The van der Waals surface area contributed by atoms with Crippen LogP contribution in [0.15, 0.2) is 30.3 Å². The Morgan fingerprint density at radius 3 is 2.70 bits per heavy atom. The second kappa shape index (κ2) is 6.01. The van der Waals surface area contributed by atoms with Crippen molar-refractivity contribution in [1.82, 2.24) is 10.3 Å². The van der Waals surface area contributed by atoms with Gasteiger partial charge in [-0.1, -0.05) is 6.07 Å². The van der Waals surface area contributed by atoms with Crippen molar-refractivity contribution in [2.75, 3.05) is 18.4 Å². The van der Waals surface area contributed by atoms with Crippen molar-refractivity contribution in [3.05, 3.63) is 35.9 Å². The zero-order chi connectivity index (χ0) is 14.5. The maximum atomic E-state index is 11.1. The first-order valence-electron chi connectivity index (χ1n) is 6.19. The van der Waals surface area contributed by atoms with Gasteiger partial charge in [0.05, 0.1) is 11.1 Å². The topological polar surface area (TPSA) is 91.3 Å². The highest BCUT2D eigenvalue weighted by molar-refractivity contribution is 6.02. The number of carbonyl (C=O) groups excluding carboxylic acids is 1. The molecule has 6 heteroatoms. The number of hydrogen-bond acceptors (Lipinski definition) is 4. The predicted octanol–water partition coefficient (Wildman–Crippen LogP) is 1.48. The Bertz CT molecular complexity index is 655. The van der Waals surface area contributed by atoms with Crippen LogP contribution in [-0.2, 0) is 4.79 Å². The number of pyridine rings is 1. The van der Waals surface area contributed by atoms with Crippen molar-refractivity contribution in [1.29, 1.82) is 0 Å². The summed E-state index contributed by atoms with van der Waals surface area (Å²) >= 11 is 0. The van der Waals surface area contributed by atoms with Crippen LogP contribution in [0.4, 0.5) is 5.82 Å². The molecule has 1 aromatic carbocycles. The van der Waals surface area contributed by atoms with Gasteiger partial charge in [-0.3, -0.25) is 4.79 Å². The number of carbonyl (C=O) groups is 2. The van der Waals surface area contributed by atoms with E-state index in [0.29, 0.717) is 29.8 Å². The van der Waals surface area contributed by atoms with Gasteiger partial charge in [0, 0.05) is 25.4 Å². The molecule has 0 unspecified atom stereocenters. The van der Waals surface area contributed by atoms with Gasteiger partial charge in [0.15, 0.2) is 0 Å². The number of nitrogens with one attached hydrogen (secondary N) is 2. The highest BCUT2D eigenvalue weighted by Crippen LogP contribution is 2.19. The number of carboxylic acids is 1. The molecular formula is C14H15N3O3.